The summed E-state index contributed by atoms with van der Waals surface area (Å²) in [6, 6.07) is 6.41. The molecule has 2 aromatic heterocycles. The van der Waals surface area contributed by atoms with Gasteiger partial charge in [-0.1, -0.05) is 11.3 Å². The fourth-order valence-electron chi connectivity index (χ4n) is 2.15. The van der Waals surface area contributed by atoms with E-state index in [0.717, 1.165) is 9.43 Å². The third-order valence-electron chi connectivity index (χ3n) is 3.00. The molecule has 4 heteroatoms. The number of hydrogen-bond acceptors (Lipinski definition) is 3. The Labute approximate surface area is 107 Å². The molecule has 0 amide bonds. The number of fused-ring (bicyclic) bond motifs is 1. The van der Waals surface area contributed by atoms with E-state index >= 15 is 0 Å². The van der Waals surface area contributed by atoms with Crippen LogP contribution >= 0.6 is 27.3 Å². The molecule has 0 aromatic carbocycles. The summed E-state index contributed by atoms with van der Waals surface area (Å²) in [6.07, 6.45) is 4.03. The molecule has 0 unspecified atom stereocenters. The molecule has 1 saturated heterocycles. The van der Waals surface area contributed by atoms with Gasteiger partial charge in [0.05, 0.1) is 5.00 Å². The van der Waals surface area contributed by atoms with Crippen LogP contribution in [0.15, 0.2) is 22.8 Å². The topological polar surface area (TPSA) is 16.1 Å². The Morgan fingerprint density at radius 1 is 1.19 bits per heavy atom. The zero-order valence-corrected chi connectivity index (χ0v) is 11.4. The first-order valence-corrected chi connectivity index (χ1v) is 7.25. The van der Waals surface area contributed by atoms with Gasteiger partial charge in [-0.25, -0.2) is 4.98 Å². The first kappa shape index (κ1) is 10.5. The molecule has 16 heavy (non-hydrogen) atoms. The van der Waals surface area contributed by atoms with E-state index < -0.39 is 0 Å². The summed E-state index contributed by atoms with van der Waals surface area (Å²) in [6.45, 7) is 2.40. The molecule has 0 spiro atoms. The highest BCUT2D eigenvalue weighted by atomic mass is 79.9. The zero-order valence-electron chi connectivity index (χ0n) is 8.95. The molecular weight excluding hydrogens is 284 g/mol. The first-order chi connectivity index (χ1) is 7.83. The summed E-state index contributed by atoms with van der Waals surface area (Å²) in [5.74, 6) is 0. The molecule has 0 aliphatic carbocycles. The number of aromatic nitrogens is 1. The van der Waals surface area contributed by atoms with Crippen LogP contribution in [-0.4, -0.2) is 18.1 Å². The Bertz CT molecular complexity index is 503. The van der Waals surface area contributed by atoms with Crippen LogP contribution in [0.5, 0.6) is 0 Å². The van der Waals surface area contributed by atoms with Gasteiger partial charge in [0, 0.05) is 18.5 Å². The minimum atomic E-state index is 0.923. The Balaban J connectivity index is 1.97. The van der Waals surface area contributed by atoms with Gasteiger partial charge in [-0.3, -0.25) is 0 Å². The molecule has 1 aliphatic heterocycles. The number of nitrogens with zero attached hydrogens (tertiary/aromatic N) is 2. The van der Waals surface area contributed by atoms with E-state index in [4.69, 9.17) is 0 Å². The molecule has 3 rings (SSSR count). The molecule has 0 saturated carbocycles. The summed E-state index contributed by atoms with van der Waals surface area (Å²) in [7, 11) is 0. The van der Waals surface area contributed by atoms with Gasteiger partial charge in [0.1, 0.15) is 9.43 Å². The van der Waals surface area contributed by atoms with Crippen molar-refractivity contribution in [3.63, 3.8) is 0 Å². The maximum atomic E-state index is 4.50. The summed E-state index contributed by atoms with van der Waals surface area (Å²) in [5.41, 5.74) is 0. The fourth-order valence-corrected chi connectivity index (χ4v) is 3.66. The van der Waals surface area contributed by atoms with Crippen molar-refractivity contribution in [2.45, 2.75) is 19.3 Å². The molecule has 2 nitrogen and oxygen atoms in total. The second kappa shape index (κ2) is 4.34. The first-order valence-electron chi connectivity index (χ1n) is 5.64. The van der Waals surface area contributed by atoms with Crippen LogP contribution in [0.3, 0.4) is 0 Å². The van der Waals surface area contributed by atoms with Crippen molar-refractivity contribution in [2.75, 3.05) is 18.0 Å². The molecule has 1 fully saturated rings. The molecular formula is C12H13BrN2S. The van der Waals surface area contributed by atoms with E-state index in [2.05, 4.69) is 37.9 Å². The summed E-state index contributed by atoms with van der Waals surface area (Å²) in [5, 5.41) is 2.63. The van der Waals surface area contributed by atoms with Crippen molar-refractivity contribution < 1.29 is 0 Å². The van der Waals surface area contributed by atoms with Crippen LogP contribution in [0.4, 0.5) is 5.00 Å². The van der Waals surface area contributed by atoms with Crippen LogP contribution in [0.25, 0.3) is 10.2 Å². The van der Waals surface area contributed by atoms with Gasteiger partial charge in [-0.05, 0) is 53.4 Å². The molecule has 0 atom stereocenters. The van der Waals surface area contributed by atoms with Gasteiger partial charge in [0.25, 0.3) is 0 Å². The lowest BCUT2D eigenvalue weighted by molar-refractivity contribution is 0.580. The van der Waals surface area contributed by atoms with Crippen molar-refractivity contribution in [2.24, 2.45) is 0 Å². The zero-order chi connectivity index (χ0) is 11.0. The summed E-state index contributed by atoms with van der Waals surface area (Å²) < 4.78 is 0.923. The molecule has 0 bridgehead atoms. The highest BCUT2D eigenvalue weighted by molar-refractivity contribution is 9.10. The largest absolute Gasteiger partial charge is 0.363 e. The SMILES string of the molecule is Brc1ccc2cc(N3CCCCC3)sc2n1. The third-order valence-corrected chi connectivity index (χ3v) is 4.55. The fraction of sp³-hybridized carbons (Fsp3) is 0.417. The maximum absolute atomic E-state index is 4.50. The molecule has 3 heterocycles. The van der Waals surface area contributed by atoms with Crippen LogP contribution in [0.1, 0.15) is 19.3 Å². The lowest BCUT2D eigenvalue weighted by Gasteiger charge is -2.26. The van der Waals surface area contributed by atoms with Crippen molar-refractivity contribution in [3.8, 4) is 0 Å². The van der Waals surface area contributed by atoms with Gasteiger partial charge in [-0.2, -0.15) is 0 Å². The lowest BCUT2D eigenvalue weighted by Crippen LogP contribution is -2.28. The van der Waals surface area contributed by atoms with Crippen molar-refractivity contribution in [1.29, 1.82) is 0 Å². The number of rotatable bonds is 1. The Morgan fingerprint density at radius 3 is 2.81 bits per heavy atom. The van der Waals surface area contributed by atoms with Crippen molar-refractivity contribution >= 4 is 42.5 Å². The number of anilines is 1. The lowest BCUT2D eigenvalue weighted by atomic mass is 10.1. The predicted molar refractivity (Wildman–Crippen MR) is 73.4 cm³/mol. The van der Waals surface area contributed by atoms with Crippen molar-refractivity contribution in [3.05, 3.63) is 22.8 Å². The van der Waals surface area contributed by atoms with Crippen LogP contribution in [-0.2, 0) is 0 Å². The minimum Gasteiger partial charge on any atom is -0.363 e. The van der Waals surface area contributed by atoms with Crippen LogP contribution in [0.2, 0.25) is 0 Å². The highest BCUT2D eigenvalue weighted by Crippen LogP contribution is 2.33. The normalized spacial score (nSPS) is 16.9. The smallest absolute Gasteiger partial charge is 0.126 e. The van der Waals surface area contributed by atoms with Crippen molar-refractivity contribution in [1.82, 2.24) is 4.98 Å². The van der Waals surface area contributed by atoms with Gasteiger partial charge < -0.3 is 4.90 Å². The Hall–Kier alpha value is -0.610. The van der Waals surface area contributed by atoms with E-state index in [9.17, 15) is 0 Å². The number of halogens is 1. The number of thiophene rings is 1. The van der Waals surface area contributed by atoms with Gasteiger partial charge in [0.2, 0.25) is 0 Å². The monoisotopic (exact) mass is 296 g/mol. The molecule has 84 valence electrons. The standard InChI is InChI=1S/C12H13BrN2S/c13-10-5-4-9-8-11(16-12(9)14-10)15-6-2-1-3-7-15/h4-5,8H,1-3,6-7H2. The van der Waals surface area contributed by atoms with Crippen LogP contribution < -0.4 is 4.90 Å². The Kier molecular flexibility index (Phi) is 2.86. The molecule has 0 radical (unpaired) electrons. The van der Waals surface area contributed by atoms with Gasteiger partial charge in [-0.15, -0.1) is 0 Å². The second-order valence-electron chi connectivity index (χ2n) is 4.16. The van der Waals surface area contributed by atoms with E-state index in [-0.39, 0.29) is 0 Å². The number of pyridine rings is 1. The number of hydrogen-bond donors (Lipinski definition) is 0. The summed E-state index contributed by atoms with van der Waals surface area (Å²) >= 11 is 5.22. The van der Waals surface area contributed by atoms with Gasteiger partial charge in [0.15, 0.2) is 0 Å². The minimum absolute atomic E-state index is 0.923. The van der Waals surface area contributed by atoms with E-state index in [0.29, 0.717) is 0 Å². The number of piperidine rings is 1. The highest BCUT2D eigenvalue weighted by Gasteiger charge is 2.13. The average Bonchev–Trinajstić information content (AvgIpc) is 2.73. The van der Waals surface area contributed by atoms with E-state index in [1.54, 1.807) is 11.3 Å². The van der Waals surface area contributed by atoms with E-state index in [1.165, 1.54) is 42.7 Å². The second-order valence-corrected chi connectivity index (χ2v) is 5.98. The predicted octanol–water partition coefficient (Wildman–Crippen LogP) is 4.05. The van der Waals surface area contributed by atoms with E-state index in [1.807, 2.05) is 6.07 Å². The van der Waals surface area contributed by atoms with Gasteiger partial charge >= 0.3 is 0 Å². The average molecular weight is 297 g/mol. The Morgan fingerprint density at radius 2 is 2.00 bits per heavy atom. The molecule has 0 N–H and O–H groups in total. The van der Waals surface area contributed by atoms with Crippen LogP contribution in [0, 0.1) is 0 Å². The third kappa shape index (κ3) is 1.96. The summed E-state index contributed by atoms with van der Waals surface area (Å²) in [4.78, 5) is 8.12. The molecule has 2 aromatic rings. The quantitative estimate of drug-likeness (QED) is 0.738. The maximum Gasteiger partial charge on any atom is 0.126 e. The molecule has 1 aliphatic rings.